The Kier molecular flexibility index (Phi) is 12.0. The fourth-order valence-corrected chi connectivity index (χ4v) is 5.79. The van der Waals surface area contributed by atoms with E-state index in [1.54, 1.807) is 30.3 Å². The number of non-ortho nitro benzene ring substituents is 1. The van der Waals surface area contributed by atoms with Crippen LogP contribution in [0.2, 0.25) is 10.0 Å². The van der Waals surface area contributed by atoms with Gasteiger partial charge in [0.05, 0.1) is 18.3 Å². The zero-order chi connectivity index (χ0) is 32.6. The third-order valence-corrected chi connectivity index (χ3v) is 8.82. The number of benzene rings is 3. The SMILES string of the molecule is CC[C@@H](C)NC(=O)[C@H](Cc1ccccc1)N(Cc1c(Cl)cccc1Cl)C(=O)CN(c1cc([N+](=O)[O-])ccc1OC)S(C)(=O)=O. The molecule has 0 saturated carbocycles. The fourth-order valence-electron chi connectivity index (χ4n) is 4.43. The number of sulfonamides is 1. The molecule has 0 fully saturated rings. The topological polar surface area (TPSA) is 139 Å². The van der Waals surface area contributed by atoms with Crippen LogP contribution in [-0.4, -0.2) is 62.0 Å². The first-order valence-electron chi connectivity index (χ1n) is 13.6. The number of carbonyl (C=O) groups is 2. The molecular weight excluding hydrogens is 631 g/mol. The van der Waals surface area contributed by atoms with Crippen molar-refractivity contribution in [2.75, 3.05) is 24.2 Å². The summed E-state index contributed by atoms with van der Waals surface area (Å²) in [5.74, 6) is -1.25. The number of ether oxygens (including phenoxy) is 1. The lowest BCUT2D eigenvalue weighted by Crippen LogP contribution is -2.54. The molecule has 0 heterocycles. The lowest BCUT2D eigenvalue weighted by Gasteiger charge is -2.34. The highest BCUT2D eigenvalue weighted by molar-refractivity contribution is 7.92. The number of nitro groups is 1. The number of carbonyl (C=O) groups excluding carboxylic acids is 2. The zero-order valence-corrected chi connectivity index (χ0v) is 27.0. The smallest absolute Gasteiger partial charge is 0.271 e. The lowest BCUT2D eigenvalue weighted by molar-refractivity contribution is -0.384. The summed E-state index contributed by atoms with van der Waals surface area (Å²) in [6.07, 6.45) is 1.59. The van der Waals surface area contributed by atoms with Gasteiger partial charge in [0.1, 0.15) is 24.0 Å². The average molecular weight is 666 g/mol. The van der Waals surface area contributed by atoms with Crippen molar-refractivity contribution in [2.24, 2.45) is 0 Å². The Bertz CT molecular complexity index is 1590. The molecule has 3 aromatic rings. The summed E-state index contributed by atoms with van der Waals surface area (Å²) in [6, 6.07) is 15.9. The van der Waals surface area contributed by atoms with Gasteiger partial charge in [-0.3, -0.25) is 24.0 Å². The monoisotopic (exact) mass is 664 g/mol. The summed E-state index contributed by atoms with van der Waals surface area (Å²) in [5, 5.41) is 14.9. The van der Waals surface area contributed by atoms with Gasteiger partial charge >= 0.3 is 0 Å². The van der Waals surface area contributed by atoms with Crippen LogP contribution in [0.15, 0.2) is 66.7 Å². The molecule has 3 rings (SSSR count). The molecule has 0 aromatic heterocycles. The van der Waals surface area contributed by atoms with Crippen LogP contribution in [0.25, 0.3) is 0 Å². The van der Waals surface area contributed by atoms with Crippen LogP contribution in [0, 0.1) is 10.1 Å². The van der Waals surface area contributed by atoms with Gasteiger partial charge < -0.3 is 15.0 Å². The van der Waals surface area contributed by atoms with Crippen LogP contribution in [0.5, 0.6) is 5.75 Å². The molecule has 0 saturated heterocycles. The summed E-state index contributed by atoms with van der Waals surface area (Å²) in [4.78, 5) is 40.2. The van der Waals surface area contributed by atoms with E-state index in [1.165, 1.54) is 18.1 Å². The van der Waals surface area contributed by atoms with Crippen molar-refractivity contribution in [3.05, 3.63) is 98.0 Å². The van der Waals surface area contributed by atoms with E-state index in [1.807, 2.05) is 32.0 Å². The first-order valence-corrected chi connectivity index (χ1v) is 16.2. The molecule has 3 aromatic carbocycles. The number of hydrogen-bond acceptors (Lipinski definition) is 7. The highest BCUT2D eigenvalue weighted by Crippen LogP contribution is 2.34. The third kappa shape index (κ3) is 8.84. The first kappa shape index (κ1) is 34.6. The third-order valence-electron chi connectivity index (χ3n) is 6.98. The second-order valence-electron chi connectivity index (χ2n) is 10.1. The molecule has 14 heteroatoms. The van der Waals surface area contributed by atoms with Gasteiger partial charge in [0.25, 0.3) is 5.69 Å². The van der Waals surface area contributed by atoms with E-state index in [0.29, 0.717) is 16.3 Å². The summed E-state index contributed by atoms with van der Waals surface area (Å²) in [6.45, 7) is 2.70. The minimum Gasteiger partial charge on any atom is -0.495 e. The Morgan fingerprint density at radius 1 is 1.05 bits per heavy atom. The Hall–Kier alpha value is -3.87. The van der Waals surface area contributed by atoms with E-state index >= 15 is 0 Å². The first-order chi connectivity index (χ1) is 20.8. The molecule has 0 spiro atoms. The molecule has 236 valence electrons. The molecular formula is C30H34Cl2N4O7S. The molecule has 1 N–H and O–H groups in total. The van der Waals surface area contributed by atoms with Gasteiger partial charge in [-0.15, -0.1) is 0 Å². The van der Waals surface area contributed by atoms with Gasteiger partial charge in [0, 0.05) is 46.7 Å². The molecule has 2 atom stereocenters. The molecule has 11 nitrogen and oxygen atoms in total. The van der Waals surface area contributed by atoms with Crippen molar-refractivity contribution in [1.29, 1.82) is 0 Å². The molecule has 0 radical (unpaired) electrons. The van der Waals surface area contributed by atoms with E-state index in [2.05, 4.69) is 5.32 Å². The number of nitrogens with one attached hydrogen (secondary N) is 1. The number of rotatable bonds is 14. The van der Waals surface area contributed by atoms with Crippen molar-refractivity contribution in [3.8, 4) is 5.75 Å². The van der Waals surface area contributed by atoms with E-state index in [4.69, 9.17) is 27.9 Å². The second-order valence-corrected chi connectivity index (χ2v) is 12.8. The second kappa shape index (κ2) is 15.2. The Labute approximate surface area is 266 Å². The summed E-state index contributed by atoms with van der Waals surface area (Å²) < 4.78 is 32.2. The minimum absolute atomic E-state index is 0.00938. The normalized spacial score (nSPS) is 12.6. The maximum absolute atomic E-state index is 14.3. The molecule has 2 amide bonds. The highest BCUT2D eigenvalue weighted by Gasteiger charge is 2.35. The highest BCUT2D eigenvalue weighted by atomic mass is 35.5. The number of methoxy groups -OCH3 is 1. The molecule has 0 bridgehead atoms. The van der Waals surface area contributed by atoms with Gasteiger partial charge in [-0.1, -0.05) is 66.5 Å². The largest absolute Gasteiger partial charge is 0.495 e. The van der Waals surface area contributed by atoms with Crippen LogP contribution in [-0.2, 0) is 32.6 Å². The van der Waals surface area contributed by atoms with Crippen molar-refractivity contribution < 1.29 is 27.7 Å². The average Bonchev–Trinajstić information content (AvgIpc) is 2.98. The maximum Gasteiger partial charge on any atom is 0.271 e. The predicted octanol–water partition coefficient (Wildman–Crippen LogP) is 5.23. The minimum atomic E-state index is -4.21. The van der Waals surface area contributed by atoms with E-state index < -0.39 is 45.0 Å². The zero-order valence-electron chi connectivity index (χ0n) is 24.7. The standard InChI is InChI=1S/C30H34Cl2N4O7S/c1-5-20(2)33-30(38)27(16-21-10-7-6-8-11-21)34(18-23-24(31)12-9-13-25(23)32)29(37)19-35(44(4,41)42)26-17-22(36(39)40)14-15-28(26)43-3/h6-15,17,20,27H,5,16,18-19H2,1-4H3,(H,33,38)/t20-,27+/m1/s1. The van der Waals surface area contributed by atoms with Crippen LogP contribution in [0.4, 0.5) is 11.4 Å². The molecule has 44 heavy (non-hydrogen) atoms. The fraction of sp³-hybridized carbons (Fsp3) is 0.333. The van der Waals surface area contributed by atoms with E-state index in [9.17, 15) is 28.1 Å². The molecule has 0 aliphatic carbocycles. The van der Waals surface area contributed by atoms with Crippen LogP contribution < -0.4 is 14.4 Å². The number of anilines is 1. The van der Waals surface area contributed by atoms with Crippen molar-refractivity contribution in [3.63, 3.8) is 0 Å². The van der Waals surface area contributed by atoms with Crippen molar-refractivity contribution >= 4 is 56.4 Å². The van der Waals surface area contributed by atoms with E-state index in [0.717, 1.165) is 24.0 Å². The van der Waals surface area contributed by atoms with Crippen molar-refractivity contribution in [2.45, 2.75) is 45.3 Å². The van der Waals surface area contributed by atoms with Gasteiger partial charge in [-0.05, 0) is 37.1 Å². The maximum atomic E-state index is 14.3. The van der Waals surface area contributed by atoms with Gasteiger partial charge in [0.15, 0.2) is 0 Å². The quantitative estimate of drug-likeness (QED) is 0.184. The summed E-state index contributed by atoms with van der Waals surface area (Å²) in [5.41, 5.74) is 0.492. The number of nitro benzene ring substituents is 1. The number of hydrogen-bond donors (Lipinski definition) is 1. The number of nitrogens with zero attached hydrogens (tertiary/aromatic N) is 3. The van der Waals surface area contributed by atoms with Crippen LogP contribution in [0.1, 0.15) is 31.4 Å². The summed E-state index contributed by atoms with van der Waals surface area (Å²) >= 11 is 13.0. The number of halogens is 2. The lowest BCUT2D eigenvalue weighted by atomic mass is 10.0. The van der Waals surface area contributed by atoms with Crippen molar-refractivity contribution in [1.82, 2.24) is 10.2 Å². The molecule has 0 aliphatic heterocycles. The molecule has 0 aliphatic rings. The van der Waals surface area contributed by atoms with E-state index in [-0.39, 0.29) is 40.5 Å². The number of amides is 2. The molecule has 0 unspecified atom stereocenters. The van der Waals surface area contributed by atoms with Crippen LogP contribution >= 0.6 is 23.2 Å². The van der Waals surface area contributed by atoms with Gasteiger partial charge in [-0.25, -0.2) is 8.42 Å². The van der Waals surface area contributed by atoms with Gasteiger partial charge in [-0.2, -0.15) is 0 Å². The Morgan fingerprint density at radius 2 is 1.68 bits per heavy atom. The van der Waals surface area contributed by atoms with Crippen LogP contribution in [0.3, 0.4) is 0 Å². The summed E-state index contributed by atoms with van der Waals surface area (Å²) in [7, 11) is -2.94. The van der Waals surface area contributed by atoms with Gasteiger partial charge in [0.2, 0.25) is 21.8 Å². The Morgan fingerprint density at radius 3 is 2.23 bits per heavy atom. The Balaban J connectivity index is 2.18. The predicted molar refractivity (Wildman–Crippen MR) is 171 cm³/mol.